The van der Waals surface area contributed by atoms with E-state index in [1.165, 1.54) is 0 Å². The molecule has 0 radical (unpaired) electrons. The molecule has 0 bridgehead atoms. The molecule has 1 amide bonds. The van der Waals surface area contributed by atoms with Crippen molar-refractivity contribution in [2.24, 2.45) is 0 Å². The first kappa shape index (κ1) is 22.4. The topological polar surface area (TPSA) is 89.3 Å². The number of rotatable bonds is 5. The van der Waals surface area contributed by atoms with Gasteiger partial charge in [-0.05, 0) is 30.7 Å². The highest BCUT2D eigenvalue weighted by molar-refractivity contribution is 8.00. The molecule has 176 valence electrons. The average molecular weight is 503 g/mol. The number of amides is 1. The summed E-state index contributed by atoms with van der Waals surface area (Å²) in [5.41, 5.74) is -4.00. The molecule has 4 heterocycles. The third-order valence-electron chi connectivity index (χ3n) is 5.45. The van der Waals surface area contributed by atoms with Crippen LogP contribution in [0.3, 0.4) is 0 Å². The van der Waals surface area contributed by atoms with Crippen molar-refractivity contribution < 1.29 is 31.6 Å². The van der Waals surface area contributed by atoms with Gasteiger partial charge in [0.15, 0.2) is 0 Å². The second-order valence-electron chi connectivity index (χ2n) is 7.74. The van der Waals surface area contributed by atoms with Crippen LogP contribution in [-0.2, 0) is 9.53 Å². The first-order chi connectivity index (χ1) is 15.8. The molecule has 3 aromatic rings. The average Bonchev–Trinajstić information content (AvgIpc) is 3.48. The molecule has 3 unspecified atom stereocenters. The maximum atomic E-state index is 14.3. The molecule has 7 nitrogen and oxygen atoms in total. The van der Waals surface area contributed by atoms with E-state index >= 15 is 0 Å². The van der Waals surface area contributed by atoms with Gasteiger partial charge in [-0.25, -0.2) is 4.39 Å². The molecule has 2 fully saturated rings. The van der Waals surface area contributed by atoms with Gasteiger partial charge in [-0.1, -0.05) is 17.3 Å². The van der Waals surface area contributed by atoms with Gasteiger partial charge in [0.2, 0.25) is 17.6 Å². The Morgan fingerprint density at radius 2 is 2.12 bits per heavy atom. The minimum atomic E-state index is -4.54. The summed E-state index contributed by atoms with van der Waals surface area (Å²) in [6.45, 7) is 0.379. The fourth-order valence-electron chi connectivity index (χ4n) is 3.91. The van der Waals surface area contributed by atoms with Crippen molar-refractivity contribution in [2.75, 3.05) is 18.5 Å². The molecule has 13 heteroatoms. The quantitative estimate of drug-likeness (QED) is 0.373. The number of alkyl halides is 4. The summed E-state index contributed by atoms with van der Waals surface area (Å²) < 4.78 is 65.5. The molecule has 2 aliphatic rings. The highest BCUT2D eigenvalue weighted by Crippen LogP contribution is 2.50. The van der Waals surface area contributed by atoms with Crippen LogP contribution in [0.4, 0.5) is 23.2 Å². The Kier molecular flexibility index (Phi) is 5.95. The number of thioether (sulfide) groups is 1. The lowest BCUT2D eigenvalue weighted by molar-refractivity contribution is -0.119. The summed E-state index contributed by atoms with van der Waals surface area (Å²) in [5.74, 6) is 0.0153. The smallest absolute Gasteiger partial charge is 0.378 e. The molecule has 2 saturated heterocycles. The number of nitrogens with one attached hydrogen (secondary N) is 2. The summed E-state index contributed by atoms with van der Waals surface area (Å²) in [5, 5.41) is 10.1. The van der Waals surface area contributed by atoms with E-state index in [-0.39, 0.29) is 45.8 Å². The van der Waals surface area contributed by atoms with E-state index in [0.29, 0.717) is 41.6 Å². The lowest BCUT2D eigenvalue weighted by atomic mass is 10.1. The Morgan fingerprint density at radius 1 is 1.27 bits per heavy atom. The number of halogens is 4. The molecule has 2 N–H and O–H groups in total. The third-order valence-corrected chi connectivity index (χ3v) is 7.68. The largest absolute Gasteiger partial charge is 0.446 e. The zero-order valence-corrected chi connectivity index (χ0v) is 18.6. The molecule has 0 saturated carbocycles. The first-order valence-corrected chi connectivity index (χ1v) is 11.8. The van der Waals surface area contributed by atoms with Gasteiger partial charge in [0.1, 0.15) is 12.2 Å². The lowest BCUT2D eigenvalue weighted by Gasteiger charge is -2.27. The number of ether oxygens (including phenoxy) is 1. The number of thiophene rings is 1. The Labute approximate surface area is 193 Å². The number of benzene rings is 1. The summed E-state index contributed by atoms with van der Waals surface area (Å²) in [6.07, 6.45) is 0.0119. The third kappa shape index (κ3) is 4.66. The monoisotopic (exact) mass is 502 g/mol. The molecular formula is C20H18F4N4O3S2. The van der Waals surface area contributed by atoms with E-state index in [4.69, 9.17) is 9.26 Å². The molecular weight excluding hydrogens is 484 g/mol. The minimum absolute atomic E-state index is 0.0134. The summed E-state index contributed by atoms with van der Waals surface area (Å²) in [7, 11) is 0. The van der Waals surface area contributed by atoms with Crippen LogP contribution in [0, 0.1) is 0 Å². The van der Waals surface area contributed by atoms with Crippen molar-refractivity contribution >= 4 is 44.8 Å². The van der Waals surface area contributed by atoms with Gasteiger partial charge in [-0.2, -0.15) is 18.2 Å². The predicted octanol–water partition coefficient (Wildman–Crippen LogP) is 5.05. The molecule has 1 aromatic carbocycles. The van der Waals surface area contributed by atoms with Crippen LogP contribution in [-0.4, -0.2) is 47.0 Å². The van der Waals surface area contributed by atoms with Crippen LogP contribution >= 0.6 is 23.1 Å². The molecule has 3 atom stereocenters. The van der Waals surface area contributed by atoms with Gasteiger partial charge in [-0.15, -0.1) is 11.3 Å². The highest BCUT2D eigenvalue weighted by Gasteiger charge is 2.35. The molecule has 33 heavy (non-hydrogen) atoms. The van der Waals surface area contributed by atoms with Crippen molar-refractivity contribution in [1.82, 2.24) is 15.5 Å². The van der Waals surface area contributed by atoms with Gasteiger partial charge < -0.3 is 19.9 Å². The second-order valence-corrected chi connectivity index (χ2v) is 9.83. The number of anilines is 1. The van der Waals surface area contributed by atoms with Gasteiger partial charge in [0.25, 0.3) is 0 Å². The van der Waals surface area contributed by atoms with Crippen LogP contribution in [0.15, 0.2) is 27.6 Å². The van der Waals surface area contributed by atoms with Crippen LogP contribution in [0.1, 0.15) is 31.2 Å². The van der Waals surface area contributed by atoms with E-state index in [0.717, 1.165) is 11.3 Å². The van der Waals surface area contributed by atoms with Crippen molar-refractivity contribution in [2.45, 2.75) is 47.9 Å². The fraction of sp³-hybridized carbons (Fsp3) is 0.450. The summed E-state index contributed by atoms with van der Waals surface area (Å²) >= 11 is 0.834. The van der Waals surface area contributed by atoms with Crippen LogP contribution in [0.2, 0.25) is 0 Å². The number of hydrogen-bond donors (Lipinski definition) is 2. The van der Waals surface area contributed by atoms with Crippen molar-refractivity contribution in [3.63, 3.8) is 0 Å². The SMILES string of the molecule is O=C1CCC(c2nc(-c3sc4c(NC5CCOCC5F)cccc4c3SC(F)(F)F)no2)N1. The highest BCUT2D eigenvalue weighted by atomic mass is 32.2. The standard InChI is InChI=1S/C20H18F4N4O3S2/c21-10-8-30-7-6-11(10)25-12-3-1-2-9-15(12)32-17(16(9)33-20(22,23)24)18-27-19(31-28-18)13-4-5-14(29)26-13/h1-3,10-11,13,25H,4-8H2,(H,26,29). The number of aromatic nitrogens is 2. The number of fused-ring (bicyclic) bond motifs is 1. The van der Waals surface area contributed by atoms with Gasteiger partial charge in [0, 0.05) is 23.3 Å². The maximum absolute atomic E-state index is 14.3. The summed E-state index contributed by atoms with van der Waals surface area (Å²) in [4.78, 5) is 15.9. The molecule has 5 rings (SSSR count). The normalized spacial score (nSPS) is 23.8. The molecule has 2 aliphatic heterocycles. The van der Waals surface area contributed by atoms with E-state index < -0.39 is 23.8 Å². The van der Waals surface area contributed by atoms with E-state index in [1.54, 1.807) is 18.2 Å². The fourth-order valence-corrected chi connectivity index (χ4v) is 6.02. The molecule has 0 aliphatic carbocycles. The Morgan fingerprint density at radius 3 is 2.85 bits per heavy atom. The van der Waals surface area contributed by atoms with E-state index in [9.17, 15) is 22.4 Å². The predicted molar refractivity (Wildman–Crippen MR) is 115 cm³/mol. The number of carbonyl (C=O) groups is 1. The zero-order chi connectivity index (χ0) is 23.2. The van der Waals surface area contributed by atoms with Crippen LogP contribution in [0.25, 0.3) is 20.8 Å². The zero-order valence-electron chi connectivity index (χ0n) is 16.9. The molecule has 0 spiro atoms. The van der Waals surface area contributed by atoms with Crippen molar-refractivity contribution in [1.29, 1.82) is 0 Å². The number of hydrogen-bond acceptors (Lipinski definition) is 8. The lowest BCUT2D eigenvalue weighted by Crippen LogP contribution is -2.39. The number of nitrogens with zero attached hydrogens (tertiary/aromatic N) is 2. The second kappa shape index (κ2) is 8.76. The van der Waals surface area contributed by atoms with Crippen LogP contribution in [0.5, 0.6) is 0 Å². The first-order valence-electron chi connectivity index (χ1n) is 10.2. The van der Waals surface area contributed by atoms with Gasteiger partial charge in [-0.3, -0.25) is 4.79 Å². The Bertz CT molecular complexity index is 1180. The number of carbonyl (C=O) groups excluding carboxylic acids is 1. The van der Waals surface area contributed by atoms with Gasteiger partial charge in [0.05, 0.1) is 27.9 Å². The van der Waals surface area contributed by atoms with E-state index in [2.05, 4.69) is 20.8 Å². The summed E-state index contributed by atoms with van der Waals surface area (Å²) in [6, 6.07) is 3.96. The van der Waals surface area contributed by atoms with Crippen molar-refractivity contribution in [3.8, 4) is 10.7 Å². The van der Waals surface area contributed by atoms with E-state index in [1.807, 2.05) is 0 Å². The van der Waals surface area contributed by atoms with Gasteiger partial charge >= 0.3 is 5.51 Å². The van der Waals surface area contributed by atoms with Crippen LogP contribution < -0.4 is 10.6 Å². The maximum Gasteiger partial charge on any atom is 0.446 e. The molecule has 2 aromatic heterocycles. The Balaban J connectivity index is 1.55. The van der Waals surface area contributed by atoms with Crippen molar-refractivity contribution in [3.05, 3.63) is 24.1 Å². The Hall–Kier alpha value is -2.38. The minimum Gasteiger partial charge on any atom is -0.378 e.